The second-order valence-electron chi connectivity index (χ2n) is 9.58. The number of carbonyl (C=O) groups is 3. The minimum atomic E-state index is -0.778. The third-order valence-electron chi connectivity index (χ3n) is 6.51. The number of amides is 2. The molecule has 2 amide bonds. The molecule has 1 aromatic heterocycles. The van der Waals surface area contributed by atoms with E-state index in [4.69, 9.17) is 10.5 Å². The standard InChI is InChI=1S/C28H32FN5O4/c1-18(2)38-25-12-11-21(16-23(25)29)34-24(17-35)22(27(31-34)28(30)37)13-15-32(3)19-7-9-20(10-8-19)33-14-5-4-6-26(33)36/h7-12,16-18H,4-6,13-15H2,1-3H3,(H2,30,37). The molecule has 9 nitrogen and oxygen atoms in total. The number of halogens is 1. The van der Waals surface area contributed by atoms with Crippen molar-refractivity contribution in [1.29, 1.82) is 0 Å². The second-order valence-corrected chi connectivity index (χ2v) is 9.58. The summed E-state index contributed by atoms with van der Waals surface area (Å²) in [6, 6.07) is 11.9. The summed E-state index contributed by atoms with van der Waals surface area (Å²) in [5, 5.41) is 4.25. The molecule has 0 aliphatic carbocycles. The Bertz CT molecular complexity index is 1340. The van der Waals surface area contributed by atoms with Crippen LogP contribution < -0.4 is 20.3 Å². The maximum Gasteiger partial charge on any atom is 0.269 e. The number of likely N-dealkylation sites (N-methyl/N-ethyl adjacent to an activating group) is 1. The van der Waals surface area contributed by atoms with Crippen LogP contribution in [0.4, 0.5) is 15.8 Å². The molecule has 0 spiro atoms. The van der Waals surface area contributed by atoms with Crippen molar-refractivity contribution in [1.82, 2.24) is 9.78 Å². The van der Waals surface area contributed by atoms with Gasteiger partial charge in [0.25, 0.3) is 5.91 Å². The number of carbonyl (C=O) groups excluding carboxylic acids is 3. The van der Waals surface area contributed by atoms with Crippen LogP contribution in [0.2, 0.25) is 0 Å². The molecular weight excluding hydrogens is 489 g/mol. The zero-order valence-electron chi connectivity index (χ0n) is 21.8. The van der Waals surface area contributed by atoms with Crippen LogP contribution in [0.5, 0.6) is 5.75 Å². The molecule has 0 bridgehead atoms. The quantitative estimate of drug-likeness (QED) is 0.405. The zero-order valence-corrected chi connectivity index (χ0v) is 21.8. The van der Waals surface area contributed by atoms with Gasteiger partial charge in [-0.15, -0.1) is 0 Å². The van der Waals surface area contributed by atoms with Crippen LogP contribution in [-0.2, 0) is 11.2 Å². The molecule has 1 aliphatic rings. The summed E-state index contributed by atoms with van der Waals surface area (Å²) >= 11 is 0. The van der Waals surface area contributed by atoms with E-state index >= 15 is 0 Å². The summed E-state index contributed by atoms with van der Waals surface area (Å²) in [7, 11) is 1.89. The van der Waals surface area contributed by atoms with E-state index in [1.165, 1.54) is 16.8 Å². The number of hydrogen-bond donors (Lipinski definition) is 1. The first-order valence-electron chi connectivity index (χ1n) is 12.6. The highest BCUT2D eigenvalue weighted by atomic mass is 19.1. The highest BCUT2D eigenvalue weighted by molar-refractivity contribution is 5.95. The van der Waals surface area contributed by atoms with Crippen LogP contribution in [0.15, 0.2) is 42.5 Å². The molecule has 1 fully saturated rings. The van der Waals surface area contributed by atoms with Crippen LogP contribution >= 0.6 is 0 Å². The Labute approximate surface area is 221 Å². The van der Waals surface area contributed by atoms with Crippen LogP contribution in [-0.4, -0.2) is 54.1 Å². The first-order chi connectivity index (χ1) is 18.2. The van der Waals surface area contributed by atoms with E-state index in [1.54, 1.807) is 19.9 Å². The van der Waals surface area contributed by atoms with Gasteiger partial charge in [-0.05, 0) is 69.5 Å². The number of nitrogens with zero attached hydrogens (tertiary/aromatic N) is 4. The Morgan fingerprint density at radius 2 is 1.89 bits per heavy atom. The minimum Gasteiger partial charge on any atom is -0.488 e. The lowest BCUT2D eigenvalue weighted by Crippen LogP contribution is -2.35. The molecule has 1 aliphatic heterocycles. The van der Waals surface area contributed by atoms with E-state index in [2.05, 4.69) is 5.10 Å². The van der Waals surface area contributed by atoms with Gasteiger partial charge in [0.05, 0.1) is 11.8 Å². The average molecular weight is 522 g/mol. The van der Waals surface area contributed by atoms with Crippen LogP contribution in [0.3, 0.4) is 0 Å². The predicted molar refractivity (Wildman–Crippen MR) is 143 cm³/mol. The molecule has 2 N–H and O–H groups in total. The Morgan fingerprint density at radius 1 is 1.18 bits per heavy atom. The molecule has 0 unspecified atom stereocenters. The molecule has 200 valence electrons. The normalized spacial score (nSPS) is 13.6. The summed E-state index contributed by atoms with van der Waals surface area (Å²) in [5.41, 5.74) is 8.10. The topological polar surface area (TPSA) is 111 Å². The summed E-state index contributed by atoms with van der Waals surface area (Å²) in [6.45, 7) is 4.75. The number of benzene rings is 2. The largest absolute Gasteiger partial charge is 0.488 e. The van der Waals surface area contributed by atoms with Gasteiger partial charge in [0, 0.05) is 49.6 Å². The maximum absolute atomic E-state index is 14.6. The molecule has 3 aromatic rings. The van der Waals surface area contributed by atoms with E-state index in [1.807, 2.05) is 41.1 Å². The first kappa shape index (κ1) is 26.8. The van der Waals surface area contributed by atoms with Gasteiger partial charge in [-0.3, -0.25) is 14.4 Å². The molecule has 4 rings (SSSR count). The molecule has 2 heterocycles. The van der Waals surface area contributed by atoms with Crippen molar-refractivity contribution < 1.29 is 23.5 Å². The number of piperidine rings is 1. The summed E-state index contributed by atoms with van der Waals surface area (Å²) in [4.78, 5) is 40.3. The van der Waals surface area contributed by atoms with E-state index in [-0.39, 0.29) is 34.8 Å². The Balaban J connectivity index is 1.55. The van der Waals surface area contributed by atoms with Crippen molar-refractivity contribution in [3.8, 4) is 11.4 Å². The Morgan fingerprint density at radius 3 is 2.50 bits per heavy atom. The highest BCUT2D eigenvalue weighted by Crippen LogP contribution is 2.26. The molecule has 0 radical (unpaired) electrons. The Hall–Kier alpha value is -4.21. The number of primary amides is 1. The monoisotopic (exact) mass is 521 g/mol. The average Bonchev–Trinajstić information content (AvgIpc) is 3.27. The third-order valence-corrected chi connectivity index (χ3v) is 6.51. The molecule has 1 saturated heterocycles. The number of rotatable bonds is 10. The fraction of sp³-hybridized carbons (Fsp3) is 0.357. The number of nitrogens with two attached hydrogens (primary N) is 1. The minimum absolute atomic E-state index is 0.0395. The summed E-state index contributed by atoms with van der Waals surface area (Å²) in [6.07, 6.45) is 3.17. The lowest BCUT2D eigenvalue weighted by atomic mass is 10.1. The predicted octanol–water partition coefficient (Wildman–Crippen LogP) is 3.91. The Kier molecular flexibility index (Phi) is 8.09. The van der Waals surface area contributed by atoms with Gasteiger partial charge < -0.3 is 20.3 Å². The second kappa shape index (κ2) is 11.5. The van der Waals surface area contributed by atoms with Gasteiger partial charge in [-0.1, -0.05) is 0 Å². The summed E-state index contributed by atoms with van der Waals surface area (Å²) < 4.78 is 21.3. The third kappa shape index (κ3) is 5.69. The lowest BCUT2D eigenvalue weighted by molar-refractivity contribution is -0.119. The van der Waals surface area contributed by atoms with Gasteiger partial charge in [0.2, 0.25) is 5.91 Å². The van der Waals surface area contributed by atoms with Gasteiger partial charge in [0.1, 0.15) is 5.69 Å². The van der Waals surface area contributed by atoms with Crippen molar-refractivity contribution in [3.63, 3.8) is 0 Å². The van der Waals surface area contributed by atoms with Crippen molar-refractivity contribution in [3.05, 3.63) is 65.2 Å². The number of aromatic nitrogens is 2. The van der Waals surface area contributed by atoms with Gasteiger partial charge in [-0.25, -0.2) is 9.07 Å². The fourth-order valence-corrected chi connectivity index (χ4v) is 4.57. The zero-order chi connectivity index (χ0) is 27.4. The van der Waals surface area contributed by atoms with Gasteiger partial charge in [0.15, 0.2) is 23.5 Å². The first-order valence-corrected chi connectivity index (χ1v) is 12.6. The van der Waals surface area contributed by atoms with Crippen molar-refractivity contribution in [2.24, 2.45) is 5.73 Å². The van der Waals surface area contributed by atoms with Gasteiger partial charge >= 0.3 is 0 Å². The fourth-order valence-electron chi connectivity index (χ4n) is 4.57. The van der Waals surface area contributed by atoms with Gasteiger partial charge in [-0.2, -0.15) is 5.10 Å². The number of hydrogen-bond acceptors (Lipinski definition) is 6. The lowest BCUT2D eigenvalue weighted by Gasteiger charge is -2.27. The number of aldehydes is 1. The van der Waals surface area contributed by atoms with E-state index in [9.17, 15) is 18.8 Å². The van der Waals surface area contributed by atoms with Crippen LogP contribution in [0, 0.1) is 5.82 Å². The van der Waals surface area contributed by atoms with Crippen LogP contribution in [0.25, 0.3) is 5.69 Å². The molecule has 38 heavy (non-hydrogen) atoms. The van der Waals surface area contributed by atoms with E-state index in [0.717, 1.165) is 30.8 Å². The van der Waals surface area contributed by atoms with Crippen molar-refractivity contribution >= 4 is 29.5 Å². The van der Waals surface area contributed by atoms with E-state index < -0.39 is 11.7 Å². The van der Waals surface area contributed by atoms with Crippen LogP contribution in [0.1, 0.15) is 59.7 Å². The molecule has 0 saturated carbocycles. The smallest absolute Gasteiger partial charge is 0.269 e. The highest BCUT2D eigenvalue weighted by Gasteiger charge is 2.23. The van der Waals surface area contributed by atoms with Crippen molar-refractivity contribution in [2.45, 2.75) is 45.6 Å². The maximum atomic E-state index is 14.6. The number of anilines is 2. The molecule has 2 aromatic carbocycles. The number of ether oxygens (including phenoxy) is 1. The molecule has 0 atom stereocenters. The SMILES string of the molecule is CC(C)Oc1ccc(-n2nc(C(N)=O)c(CCN(C)c3ccc(N4CCCCC4=O)cc3)c2C=O)cc1F. The summed E-state index contributed by atoms with van der Waals surface area (Å²) in [5.74, 6) is -1.17. The molecule has 10 heteroatoms. The molecular formula is C28H32FN5O4. The van der Waals surface area contributed by atoms with E-state index in [0.29, 0.717) is 31.2 Å². The van der Waals surface area contributed by atoms with Crippen molar-refractivity contribution in [2.75, 3.05) is 29.9 Å².